The topological polar surface area (TPSA) is 76.7 Å². The molecule has 158 valence electrons. The first kappa shape index (κ1) is 20.8. The van der Waals surface area contributed by atoms with Crippen molar-refractivity contribution in [3.05, 3.63) is 78.4 Å². The van der Waals surface area contributed by atoms with Crippen molar-refractivity contribution in [3.8, 4) is 11.5 Å². The number of carbonyl (C=O) groups excluding carboxylic acids is 2. The summed E-state index contributed by atoms with van der Waals surface area (Å²) in [6.45, 7) is 2.47. The van der Waals surface area contributed by atoms with Gasteiger partial charge in [-0.1, -0.05) is 36.4 Å². The summed E-state index contributed by atoms with van der Waals surface area (Å²) in [6, 6.07) is 22.4. The molecule has 6 nitrogen and oxygen atoms in total. The van der Waals surface area contributed by atoms with Crippen LogP contribution >= 0.6 is 11.8 Å². The third-order valence-corrected chi connectivity index (χ3v) is 5.81. The summed E-state index contributed by atoms with van der Waals surface area (Å²) in [4.78, 5) is 25.5. The Bertz CT molecular complexity index is 1090. The fourth-order valence-corrected chi connectivity index (χ4v) is 4.30. The van der Waals surface area contributed by atoms with Crippen molar-refractivity contribution >= 4 is 35.0 Å². The number of rotatable bonds is 6. The molecule has 1 heterocycles. The number of nitrogens with one attached hydrogen (secondary N) is 2. The smallest absolute Gasteiger partial charge is 0.242 e. The van der Waals surface area contributed by atoms with Crippen LogP contribution in [0.1, 0.15) is 17.7 Å². The zero-order valence-electron chi connectivity index (χ0n) is 17.0. The van der Waals surface area contributed by atoms with E-state index in [9.17, 15) is 9.59 Å². The Morgan fingerprint density at radius 3 is 2.35 bits per heavy atom. The lowest BCUT2D eigenvalue weighted by atomic mass is 10.1. The lowest BCUT2D eigenvalue weighted by Crippen LogP contribution is -2.20. The van der Waals surface area contributed by atoms with Gasteiger partial charge in [-0.25, -0.2) is 0 Å². The zero-order chi connectivity index (χ0) is 21.6. The molecule has 1 unspecified atom stereocenters. The van der Waals surface area contributed by atoms with Crippen LogP contribution in [0.25, 0.3) is 0 Å². The predicted molar refractivity (Wildman–Crippen MR) is 122 cm³/mol. The van der Waals surface area contributed by atoms with Crippen LogP contribution in [-0.2, 0) is 9.59 Å². The van der Waals surface area contributed by atoms with Gasteiger partial charge in [0.05, 0.1) is 0 Å². The van der Waals surface area contributed by atoms with E-state index in [1.165, 1.54) is 18.7 Å². The fraction of sp³-hybridized carbons (Fsp3) is 0.167. The molecule has 0 fully saturated rings. The molecule has 0 aromatic heterocycles. The first-order valence-electron chi connectivity index (χ1n) is 9.88. The largest absolute Gasteiger partial charge is 0.486 e. The number of ether oxygens (including phenoxy) is 2. The minimum absolute atomic E-state index is 0.141. The second kappa shape index (κ2) is 9.57. The van der Waals surface area contributed by atoms with E-state index in [0.29, 0.717) is 36.1 Å². The quantitative estimate of drug-likeness (QED) is 0.541. The highest BCUT2D eigenvalue weighted by Gasteiger charge is 2.23. The van der Waals surface area contributed by atoms with Crippen molar-refractivity contribution in [2.24, 2.45) is 0 Å². The molecule has 3 aromatic carbocycles. The van der Waals surface area contributed by atoms with Gasteiger partial charge in [0.2, 0.25) is 11.8 Å². The number of fused-ring (bicyclic) bond motifs is 1. The molecule has 0 saturated heterocycles. The Morgan fingerprint density at radius 2 is 1.58 bits per heavy atom. The summed E-state index contributed by atoms with van der Waals surface area (Å²) in [5, 5.41) is 5.29. The van der Waals surface area contributed by atoms with E-state index < -0.39 is 5.25 Å². The van der Waals surface area contributed by atoms with Crippen molar-refractivity contribution in [2.45, 2.75) is 17.1 Å². The van der Waals surface area contributed by atoms with Gasteiger partial charge in [-0.3, -0.25) is 9.59 Å². The van der Waals surface area contributed by atoms with E-state index in [1.807, 2.05) is 54.6 Å². The van der Waals surface area contributed by atoms with Gasteiger partial charge in [0, 0.05) is 29.3 Å². The van der Waals surface area contributed by atoms with Crippen molar-refractivity contribution < 1.29 is 19.1 Å². The summed E-state index contributed by atoms with van der Waals surface area (Å²) < 4.78 is 11.2. The Morgan fingerprint density at radius 1 is 0.839 bits per heavy atom. The van der Waals surface area contributed by atoms with Crippen LogP contribution in [0.15, 0.2) is 77.7 Å². The number of anilines is 2. The van der Waals surface area contributed by atoms with E-state index in [2.05, 4.69) is 10.6 Å². The molecule has 3 aromatic rings. The molecule has 31 heavy (non-hydrogen) atoms. The van der Waals surface area contributed by atoms with Crippen molar-refractivity contribution in [1.29, 1.82) is 0 Å². The molecular formula is C24H22N2O4S. The Kier molecular flexibility index (Phi) is 6.43. The van der Waals surface area contributed by atoms with Gasteiger partial charge in [0.25, 0.3) is 0 Å². The highest BCUT2D eigenvalue weighted by molar-refractivity contribution is 8.00. The zero-order valence-corrected chi connectivity index (χ0v) is 17.8. The maximum Gasteiger partial charge on any atom is 0.242 e. The third kappa shape index (κ3) is 5.38. The van der Waals surface area contributed by atoms with Crippen LogP contribution in [-0.4, -0.2) is 25.0 Å². The van der Waals surface area contributed by atoms with Gasteiger partial charge in [-0.2, -0.15) is 0 Å². The van der Waals surface area contributed by atoms with Crippen LogP contribution in [0.3, 0.4) is 0 Å². The molecule has 4 rings (SSSR count). The van der Waals surface area contributed by atoms with Crippen molar-refractivity contribution in [3.63, 3.8) is 0 Å². The predicted octanol–water partition coefficient (Wildman–Crippen LogP) is 4.89. The molecule has 1 aliphatic heterocycles. The summed E-state index contributed by atoms with van der Waals surface area (Å²) in [5.74, 6) is 1.000. The molecule has 0 saturated carbocycles. The number of hydrogen-bond donors (Lipinski definition) is 2. The van der Waals surface area contributed by atoms with E-state index in [1.54, 1.807) is 18.2 Å². The Balaban J connectivity index is 1.57. The van der Waals surface area contributed by atoms with Gasteiger partial charge in [0.1, 0.15) is 18.5 Å². The molecular weight excluding hydrogens is 412 g/mol. The Hall–Kier alpha value is -3.45. The molecule has 2 N–H and O–H groups in total. The molecule has 1 aliphatic rings. The Labute approximate surface area is 185 Å². The van der Waals surface area contributed by atoms with Crippen LogP contribution in [0.4, 0.5) is 11.4 Å². The minimum atomic E-state index is -0.484. The van der Waals surface area contributed by atoms with Gasteiger partial charge in [-0.05, 0) is 35.9 Å². The number of benzene rings is 3. The number of carbonyl (C=O) groups is 2. The minimum Gasteiger partial charge on any atom is -0.486 e. The van der Waals surface area contributed by atoms with E-state index >= 15 is 0 Å². The molecule has 2 amide bonds. The molecule has 0 bridgehead atoms. The second-order valence-corrected chi connectivity index (χ2v) is 8.14. The normalized spacial score (nSPS) is 13.2. The second-order valence-electron chi connectivity index (χ2n) is 6.97. The lowest BCUT2D eigenvalue weighted by molar-refractivity contribution is -0.116. The highest BCUT2D eigenvalue weighted by atomic mass is 32.2. The van der Waals surface area contributed by atoms with Crippen LogP contribution in [0.5, 0.6) is 11.5 Å². The summed E-state index contributed by atoms with van der Waals surface area (Å²) >= 11 is 1.42. The first-order chi connectivity index (χ1) is 15.1. The number of hydrogen-bond acceptors (Lipinski definition) is 5. The highest BCUT2D eigenvalue weighted by Crippen LogP contribution is 2.38. The maximum absolute atomic E-state index is 13.3. The van der Waals surface area contributed by atoms with Crippen molar-refractivity contribution in [1.82, 2.24) is 0 Å². The standard InChI is InChI=1S/C24H22N2O4S/c1-16(27)25-18-8-5-9-20(14-18)31-23(17-6-3-2-4-7-17)24(28)26-19-10-11-21-22(15-19)30-13-12-29-21/h2-11,14-15,23H,12-13H2,1H3,(H,25,27)(H,26,28). The molecule has 0 spiro atoms. The average Bonchev–Trinajstić information content (AvgIpc) is 2.78. The van der Waals surface area contributed by atoms with E-state index in [-0.39, 0.29) is 11.8 Å². The summed E-state index contributed by atoms with van der Waals surface area (Å²) in [7, 11) is 0. The lowest BCUT2D eigenvalue weighted by Gasteiger charge is -2.20. The fourth-order valence-electron chi connectivity index (χ4n) is 3.22. The number of thioether (sulfide) groups is 1. The van der Waals surface area contributed by atoms with Gasteiger partial charge in [0.15, 0.2) is 11.5 Å². The maximum atomic E-state index is 13.3. The van der Waals surface area contributed by atoms with Crippen molar-refractivity contribution in [2.75, 3.05) is 23.8 Å². The van der Waals surface area contributed by atoms with E-state index in [4.69, 9.17) is 9.47 Å². The average molecular weight is 435 g/mol. The van der Waals surface area contributed by atoms with Crippen LogP contribution < -0.4 is 20.1 Å². The molecule has 0 radical (unpaired) electrons. The summed E-state index contributed by atoms with van der Waals surface area (Å²) in [6.07, 6.45) is 0. The molecule has 0 aliphatic carbocycles. The van der Waals surface area contributed by atoms with Gasteiger partial charge in [-0.15, -0.1) is 11.8 Å². The van der Waals surface area contributed by atoms with Gasteiger partial charge < -0.3 is 20.1 Å². The number of amides is 2. The SMILES string of the molecule is CC(=O)Nc1cccc(SC(C(=O)Nc2ccc3c(c2)OCCO3)c2ccccc2)c1. The van der Waals surface area contributed by atoms with Crippen LogP contribution in [0.2, 0.25) is 0 Å². The summed E-state index contributed by atoms with van der Waals surface area (Å²) in [5.41, 5.74) is 2.21. The van der Waals surface area contributed by atoms with E-state index in [0.717, 1.165) is 10.5 Å². The van der Waals surface area contributed by atoms with Crippen LogP contribution in [0, 0.1) is 0 Å². The first-order valence-corrected chi connectivity index (χ1v) is 10.8. The monoisotopic (exact) mass is 434 g/mol. The third-order valence-electron chi connectivity index (χ3n) is 4.56. The van der Waals surface area contributed by atoms with Gasteiger partial charge >= 0.3 is 0 Å². The molecule has 7 heteroatoms. The molecule has 1 atom stereocenters.